The maximum absolute atomic E-state index is 10.2. The van der Waals surface area contributed by atoms with Crippen LogP contribution in [0.5, 0.6) is 0 Å². The molecule has 0 aliphatic carbocycles. The molecule has 23 heavy (non-hydrogen) atoms. The molecule has 0 amide bonds. The molecule has 0 unspecified atom stereocenters. The molecular weight excluding hydrogens is 288 g/mol. The molecule has 0 spiro atoms. The molecule has 3 heteroatoms. The van der Waals surface area contributed by atoms with Gasteiger partial charge in [-0.05, 0) is 44.9 Å². The number of carboxylic acid groups (broad SMARTS) is 1. The van der Waals surface area contributed by atoms with Gasteiger partial charge in [-0.1, -0.05) is 62.0 Å². The number of hydrogen-bond donors (Lipinski definition) is 1. The maximum atomic E-state index is 10.2. The van der Waals surface area contributed by atoms with Crippen molar-refractivity contribution in [2.75, 3.05) is 13.2 Å². The summed E-state index contributed by atoms with van der Waals surface area (Å²) in [6.45, 7) is 2.50. The Morgan fingerprint density at radius 1 is 0.826 bits per heavy atom. The van der Waals surface area contributed by atoms with Gasteiger partial charge in [0.15, 0.2) is 0 Å². The molecule has 0 aliphatic heterocycles. The first-order valence-electron chi connectivity index (χ1n) is 8.67. The van der Waals surface area contributed by atoms with Crippen molar-refractivity contribution >= 4 is 5.97 Å². The summed E-state index contributed by atoms with van der Waals surface area (Å²) in [7, 11) is 0. The lowest BCUT2D eigenvalue weighted by molar-refractivity contribution is -0.142. The van der Waals surface area contributed by atoms with E-state index in [1.807, 2.05) is 0 Å². The third kappa shape index (κ3) is 20.4. The average Bonchev–Trinajstić information content (AvgIpc) is 2.53. The molecule has 0 fully saturated rings. The zero-order valence-electron chi connectivity index (χ0n) is 14.5. The zero-order valence-corrected chi connectivity index (χ0v) is 14.5. The van der Waals surface area contributed by atoms with Crippen LogP contribution in [-0.4, -0.2) is 24.3 Å². The van der Waals surface area contributed by atoms with Crippen LogP contribution in [0.25, 0.3) is 0 Å². The van der Waals surface area contributed by atoms with E-state index in [1.54, 1.807) is 0 Å². The van der Waals surface area contributed by atoms with Crippen molar-refractivity contribution in [3.05, 3.63) is 48.6 Å². The fourth-order valence-electron chi connectivity index (χ4n) is 1.90. The predicted octanol–water partition coefficient (Wildman–Crippen LogP) is 5.45. The quantitative estimate of drug-likeness (QED) is 0.322. The normalized spacial score (nSPS) is 12.4. The van der Waals surface area contributed by atoms with Crippen molar-refractivity contribution in [1.29, 1.82) is 0 Å². The summed E-state index contributed by atoms with van der Waals surface area (Å²) in [6, 6.07) is 0. The Morgan fingerprint density at radius 2 is 1.39 bits per heavy atom. The molecule has 0 bridgehead atoms. The molecule has 0 aliphatic rings. The Labute approximate surface area is 141 Å². The van der Waals surface area contributed by atoms with E-state index in [0.29, 0.717) is 6.61 Å². The lowest BCUT2D eigenvalue weighted by Gasteiger charge is -1.99. The number of rotatable bonds is 15. The summed E-state index contributed by atoms with van der Waals surface area (Å²) in [5.41, 5.74) is 0. The molecule has 0 heterocycles. The van der Waals surface area contributed by atoms with Crippen LogP contribution < -0.4 is 0 Å². The summed E-state index contributed by atoms with van der Waals surface area (Å²) in [6.07, 6.45) is 26.0. The van der Waals surface area contributed by atoms with Crippen LogP contribution >= 0.6 is 0 Å². The first-order valence-corrected chi connectivity index (χ1v) is 8.67. The maximum Gasteiger partial charge on any atom is 0.329 e. The fourth-order valence-corrected chi connectivity index (χ4v) is 1.90. The van der Waals surface area contributed by atoms with Crippen LogP contribution in [0, 0.1) is 0 Å². The van der Waals surface area contributed by atoms with Crippen molar-refractivity contribution in [1.82, 2.24) is 0 Å². The summed E-state index contributed by atoms with van der Waals surface area (Å²) in [5, 5.41) is 8.40. The molecule has 1 N–H and O–H groups in total. The number of ether oxygens (including phenoxy) is 1. The highest BCUT2D eigenvalue weighted by Crippen LogP contribution is 2.02. The second kappa shape index (κ2) is 18.4. The summed E-state index contributed by atoms with van der Waals surface area (Å²) in [5.74, 6) is -0.898. The highest BCUT2D eigenvalue weighted by molar-refractivity contribution is 5.67. The molecule has 0 atom stereocenters. The first-order chi connectivity index (χ1) is 11.3. The molecule has 130 valence electrons. The standard InChI is InChI=1S/C20H32O3/c1-2-3-4-5-6-7-8-9-10-11-12-13-14-15-16-17-18-23-19-20(21)22/h3-4,6-7,9-10,12-13H,2,5,8,11,14-19H2,1H3,(H,21,22). The van der Waals surface area contributed by atoms with E-state index in [1.165, 1.54) is 0 Å². The number of hydrogen-bond acceptors (Lipinski definition) is 2. The third-order valence-corrected chi connectivity index (χ3v) is 3.10. The van der Waals surface area contributed by atoms with E-state index in [2.05, 4.69) is 55.5 Å². The summed E-state index contributed by atoms with van der Waals surface area (Å²) >= 11 is 0. The SMILES string of the molecule is CCC=CCC=CCC=CCC=CCCCCCOCC(=O)O. The van der Waals surface area contributed by atoms with Crippen molar-refractivity contribution < 1.29 is 14.6 Å². The minimum atomic E-state index is -0.898. The number of allylic oxidation sites excluding steroid dienone is 8. The molecular formula is C20H32O3. The lowest BCUT2D eigenvalue weighted by atomic mass is 10.2. The van der Waals surface area contributed by atoms with E-state index in [9.17, 15) is 4.79 Å². The molecule has 0 saturated heterocycles. The van der Waals surface area contributed by atoms with Crippen molar-refractivity contribution in [3.8, 4) is 0 Å². The molecule has 0 saturated carbocycles. The largest absolute Gasteiger partial charge is 0.480 e. The van der Waals surface area contributed by atoms with Crippen molar-refractivity contribution in [2.24, 2.45) is 0 Å². The second-order valence-corrected chi connectivity index (χ2v) is 5.30. The van der Waals surface area contributed by atoms with Gasteiger partial charge in [-0.25, -0.2) is 4.79 Å². The third-order valence-electron chi connectivity index (χ3n) is 3.10. The Kier molecular flexibility index (Phi) is 17.1. The summed E-state index contributed by atoms with van der Waals surface area (Å²) < 4.78 is 4.98. The van der Waals surface area contributed by atoms with Gasteiger partial charge >= 0.3 is 5.97 Å². The zero-order chi connectivity index (χ0) is 17.0. The number of carbonyl (C=O) groups is 1. The molecule has 0 aromatic heterocycles. The summed E-state index contributed by atoms with van der Waals surface area (Å²) in [4.78, 5) is 10.2. The van der Waals surface area contributed by atoms with Crippen LogP contribution in [-0.2, 0) is 9.53 Å². The lowest BCUT2D eigenvalue weighted by Crippen LogP contribution is -2.07. The van der Waals surface area contributed by atoms with E-state index >= 15 is 0 Å². The monoisotopic (exact) mass is 320 g/mol. The first kappa shape index (κ1) is 21.4. The van der Waals surface area contributed by atoms with Gasteiger partial charge in [0.2, 0.25) is 0 Å². The molecule has 0 radical (unpaired) electrons. The van der Waals surface area contributed by atoms with Crippen LogP contribution in [0.1, 0.15) is 58.3 Å². The van der Waals surface area contributed by atoms with E-state index in [-0.39, 0.29) is 6.61 Å². The van der Waals surface area contributed by atoms with Gasteiger partial charge in [0.05, 0.1) is 0 Å². The molecule has 0 rings (SSSR count). The Balaban J connectivity index is 3.32. The Hall–Kier alpha value is -1.61. The smallest absolute Gasteiger partial charge is 0.329 e. The highest BCUT2D eigenvalue weighted by Gasteiger charge is 1.95. The molecule has 0 aromatic rings. The number of unbranched alkanes of at least 4 members (excludes halogenated alkanes) is 3. The predicted molar refractivity (Wildman–Crippen MR) is 97.6 cm³/mol. The van der Waals surface area contributed by atoms with Gasteiger partial charge in [0.25, 0.3) is 0 Å². The fraction of sp³-hybridized carbons (Fsp3) is 0.550. The minimum Gasteiger partial charge on any atom is -0.480 e. The highest BCUT2D eigenvalue weighted by atomic mass is 16.5. The second-order valence-electron chi connectivity index (χ2n) is 5.30. The van der Waals surface area contributed by atoms with Crippen LogP contribution in [0.3, 0.4) is 0 Å². The Morgan fingerprint density at radius 3 is 1.96 bits per heavy atom. The average molecular weight is 320 g/mol. The minimum absolute atomic E-state index is 0.184. The van der Waals surface area contributed by atoms with Gasteiger partial charge in [-0.15, -0.1) is 0 Å². The Bertz CT molecular complexity index is 378. The van der Waals surface area contributed by atoms with Gasteiger partial charge in [-0.2, -0.15) is 0 Å². The van der Waals surface area contributed by atoms with E-state index in [0.717, 1.165) is 51.4 Å². The van der Waals surface area contributed by atoms with Gasteiger partial charge in [-0.3, -0.25) is 0 Å². The van der Waals surface area contributed by atoms with Crippen LogP contribution in [0.2, 0.25) is 0 Å². The van der Waals surface area contributed by atoms with E-state index < -0.39 is 5.97 Å². The van der Waals surface area contributed by atoms with E-state index in [4.69, 9.17) is 9.84 Å². The number of carboxylic acids is 1. The topological polar surface area (TPSA) is 46.5 Å². The van der Waals surface area contributed by atoms with Gasteiger partial charge < -0.3 is 9.84 Å². The molecule has 0 aromatic carbocycles. The number of aliphatic carboxylic acids is 1. The van der Waals surface area contributed by atoms with Crippen LogP contribution in [0.15, 0.2) is 48.6 Å². The van der Waals surface area contributed by atoms with Crippen molar-refractivity contribution in [3.63, 3.8) is 0 Å². The van der Waals surface area contributed by atoms with Gasteiger partial charge in [0, 0.05) is 6.61 Å². The van der Waals surface area contributed by atoms with Crippen LogP contribution in [0.4, 0.5) is 0 Å². The van der Waals surface area contributed by atoms with Crippen molar-refractivity contribution in [2.45, 2.75) is 58.3 Å². The van der Waals surface area contributed by atoms with Gasteiger partial charge in [0.1, 0.15) is 6.61 Å². The molecule has 3 nitrogen and oxygen atoms in total.